The summed E-state index contributed by atoms with van der Waals surface area (Å²) in [5.41, 5.74) is 1.66. The van der Waals surface area contributed by atoms with Crippen molar-refractivity contribution in [2.45, 2.75) is 32.1 Å². The molecule has 0 fully saturated rings. The van der Waals surface area contributed by atoms with E-state index in [9.17, 15) is 9.59 Å². The van der Waals surface area contributed by atoms with Crippen LogP contribution in [0.3, 0.4) is 0 Å². The molecule has 2 aromatic carbocycles. The fourth-order valence-electron chi connectivity index (χ4n) is 4.24. The van der Waals surface area contributed by atoms with Crippen molar-refractivity contribution in [1.29, 1.82) is 0 Å². The van der Waals surface area contributed by atoms with E-state index in [1.807, 2.05) is 89.7 Å². The Balaban J connectivity index is 1.51. The zero-order valence-corrected chi connectivity index (χ0v) is 18.1. The minimum Gasteiger partial charge on any atom is -0.350 e. The van der Waals surface area contributed by atoms with E-state index < -0.39 is 5.54 Å². The van der Waals surface area contributed by atoms with Gasteiger partial charge in [0, 0.05) is 18.5 Å². The molecule has 0 saturated heterocycles. The Morgan fingerprint density at radius 2 is 1.71 bits per heavy atom. The number of amides is 2. The van der Waals surface area contributed by atoms with Crippen molar-refractivity contribution in [2.24, 2.45) is 0 Å². The van der Waals surface area contributed by atoms with Crippen LogP contribution in [0, 0.1) is 0 Å². The van der Waals surface area contributed by atoms with Gasteiger partial charge in [0.25, 0.3) is 5.91 Å². The Bertz CT molecular complexity index is 1250. The summed E-state index contributed by atoms with van der Waals surface area (Å²) in [6.07, 6.45) is 0. The van der Waals surface area contributed by atoms with Gasteiger partial charge in [-0.25, -0.2) is 0 Å². The van der Waals surface area contributed by atoms with E-state index in [2.05, 4.69) is 5.32 Å². The fraction of sp³-hybridized carbons (Fsp3) is 0.200. The molecule has 31 heavy (non-hydrogen) atoms. The van der Waals surface area contributed by atoms with Crippen molar-refractivity contribution in [3.63, 3.8) is 0 Å². The summed E-state index contributed by atoms with van der Waals surface area (Å²) in [6.45, 7) is 3.10. The van der Waals surface area contributed by atoms with Gasteiger partial charge in [0.1, 0.15) is 16.1 Å². The molecule has 6 heteroatoms. The highest BCUT2D eigenvalue weighted by Crippen LogP contribution is 2.35. The number of thiophene rings is 1. The van der Waals surface area contributed by atoms with Crippen LogP contribution in [-0.4, -0.2) is 26.8 Å². The molecule has 1 N–H and O–H groups in total. The predicted molar refractivity (Wildman–Crippen MR) is 123 cm³/mol. The number of benzene rings is 2. The maximum Gasteiger partial charge on any atom is 0.271 e. The Morgan fingerprint density at radius 3 is 2.42 bits per heavy atom. The summed E-state index contributed by atoms with van der Waals surface area (Å²) in [5, 5.41) is 6.13. The third-order valence-electron chi connectivity index (χ3n) is 6.00. The normalized spacial score (nSPS) is 18.2. The molecule has 4 aromatic rings. The number of rotatable bonds is 5. The molecule has 3 heterocycles. The summed E-state index contributed by atoms with van der Waals surface area (Å²) < 4.78 is 2.01. The highest BCUT2D eigenvalue weighted by Gasteiger charge is 2.47. The number of nitrogens with zero attached hydrogens (tertiary/aromatic N) is 2. The van der Waals surface area contributed by atoms with E-state index in [-0.39, 0.29) is 11.8 Å². The maximum atomic E-state index is 13.6. The molecule has 0 radical (unpaired) electrons. The quantitative estimate of drug-likeness (QED) is 0.510. The second kappa shape index (κ2) is 7.71. The monoisotopic (exact) mass is 429 g/mol. The fourth-order valence-corrected chi connectivity index (χ4v) is 5.14. The van der Waals surface area contributed by atoms with E-state index in [4.69, 9.17) is 0 Å². The predicted octanol–water partition coefficient (Wildman–Crippen LogP) is 4.43. The van der Waals surface area contributed by atoms with Crippen LogP contribution in [0.25, 0.3) is 10.2 Å². The van der Waals surface area contributed by atoms with Gasteiger partial charge in [-0.2, -0.15) is 0 Å². The van der Waals surface area contributed by atoms with Crippen LogP contribution in [0.15, 0.2) is 78.2 Å². The molecular formula is C25H23N3O2S. The van der Waals surface area contributed by atoms with Crippen molar-refractivity contribution in [2.75, 3.05) is 0 Å². The highest BCUT2D eigenvalue weighted by molar-refractivity contribution is 7.16. The molecule has 0 unspecified atom stereocenters. The van der Waals surface area contributed by atoms with Crippen molar-refractivity contribution in [3.8, 4) is 0 Å². The molecule has 1 aliphatic rings. The van der Waals surface area contributed by atoms with Gasteiger partial charge in [-0.05, 0) is 35.6 Å². The molecule has 156 valence electrons. The molecule has 1 aliphatic heterocycles. The zero-order chi connectivity index (χ0) is 21.4. The van der Waals surface area contributed by atoms with Crippen LogP contribution in [0.1, 0.15) is 28.5 Å². The molecular weight excluding hydrogens is 406 g/mol. The summed E-state index contributed by atoms with van der Waals surface area (Å²) >= 11 is 1.60. The topological polar surface area (TPSA) is 54.3 Å². The summed E-state index contributed by atoms with van der Waals surface area (Å²) in [4.78, 5) is 29.9. The van der Waals surface area contributed by atoms with Crippen LogP contribution < -0.4 is 5.32 Å². The first-order valence-corrected chi connectivity index (χ1v) is 11.2. The number of nitrogens with one attached hydrogen (secondary N) is 1. The minimum absolute atomic E-state index is 0.115. The number of hydrogen-bond acceptors (Lipinski definition) is 3. The third-order valence-corrected chi connectivity index (χ3v) is 6.95. The smallest absolute Gasteiger partial charge is 0.271 e. The molecule has 0 saturated carbocycles. The van der Waals surface area contributed by atoms with Gasteiger partial charge in [0.05, 0.1) is 6.54 Å². The molecule has 5 rings (SSSR count). The first-order chi connectivity index (χ1) is 15.1. The summed E-state index contributed by atoms with van der Waals surface area (Å²) in [6, 6.07) is 23.6. The van der Waals surface area contributed by atoms with E-state index in [1.165, 1.54) is 0 Å². The first-order valence-electron chi connectivity index (χ1n) is 10.3. The molecule has 5 nitrogen and oxygen atoms in total. The SMILES string of the molecule is C[C@@]1(C(=O)NCc2ccccc2)Cn2c(cc3ccsc32)C(=O)N1Cc1ccccc1. The Labute approximate surface area is 184 Å². The first kappa shape index (κ1) is 19.6. The van der Waals surface area contributed by atoms with Gasteiger partial charge in [-0.3, -0.25) is 9.59 Å². The standard InChI is InChI=1S/C25H23N3O2S/c1-25(24(30)26-15-18-8-4-2-5-9-18)17-27-21(14-20-12-13-31-23(20)27)22(29)28(25)16-19-10-6-3-7-11-19/h2-14H,15-17H2,1H3,(H,26,30)/t25-/m0/s1. The van der Waals surface area contributed by atoms with Gasteiger partial charge in [-0.15, -0.1) is 11.3 Å². The number of fused-ring (bicyclic) bond motifs is 3. The number of carbonyl (C=O) groups excluding carboxylic acids is 2. The average molecular weight is 430 g/mol. The maximum absolute atomic E-state index is 13.6. The Kier molecular flexibility index (Phi) is 4.87. The van der Waals surface area contributed by atoms with Crippen molar-refractivity contribution in [3.05, 3.63) is 95.0 Å². The lowest BCUT2D eigenvalue weighted by Crippen LogP contribution is -2.63. The molecule has 0 bridgehead atoms. The van der Waals surface area contributed by atoms with Crippen molar-refractivity contribution < 1.29 is 9.59 Å². The van der Waals surface area contributed by atoms with E-state index >= 15 is 0 Å². The van der Waals surface area contributed by atoms with E-state index in [1.54, 1.807) is 16.2 Å². The molecule has 2 amide bonds. The Morgan fingerprint density at radius 1 is 1.03 bits per heavy atom. The number of carbonyl (C=O) groups is 2. The zero-order valence-electron chi connectivity index (χ0n) is 17.2. The lowest BCUT2D eigenvalue weighted by molar-refractivity contribution is -0.133. The number of aromatic nitrogens is 1. The van der Waals surface area contributed by atoms with Crippen LogP contribution >= 0.6 is 11.3 Å². The molecule has 2 aromatic heterocycles. The second-order valence-electron chi connectivity index (χ2n) is 8.12. The van der Waals surface area contributed by atoms with Gasteiger partial charge in [-0.1, -0.05) is 60.7 Å². The highest BCUT2D eigenvalue weighted by atomic mass is 32.1. The van der Waals surface area contributed by atoms with E-state index in [0.717, 1.165) is 21.3 Å². The Hall–Kier alpha value is -3.38. The van der Waals surface area contributed by atoms with Gasteiger partial charge >= 0.3 is 0 Å². The lowest BCUT2D eigenvalue weighted by Gasteiger charge is -2.44. The van der Waals surface area contributed by atoms with Gasteiger partial charge < -0.3 is 14.8 Å². The van der Waals surface area contributed by atoms with Crippen molar-refractivity contribution >= 4 is 33.4 Å². The average Bonchev–Trinajstić information content (AvgIpc) is 3.39. The van der Waals surface area contributed by atoms with Crippen LogP contribution in [0.4, 0.5) is 0 Å². The van der Waals surface area contributed by atoms with Crippen LogP contribution in [0.5, 0.6) is 0 Å². The van der Waals surface area contributed by atoms with E-state index in [0.29, 0.717) is 25.3 Å². The largest absolute Gasteiger partial charge is 0.350 e. The number of hydrogen-bond donors (Lipinski definition) is 1. The third kappa shape index (κ3) is 3.43. The summed E-state index contributed by atoms with van der Waals surface area (Å²) in [5.74, 6) is -0.263. The van der Waals surface area contributed by atoms with Crippen LogP contribution in [0.2, 0.25) is 0 Å². The molecule has 1 atom stereocenters. The van der Waals surface area contributed by atoms with Crippen molar-refractivity contribution in [1.82, 2.24) is 14.8 Å². The molecule has 0 aliphatic carbocycles. The van der Waals surface area contributed by atoms with Gasteiger partial charge in [0.15, 0.2) is 0 Å². The van der Waals surface area contributed by atoms with Crippen LogP contribution in [-0.2, 0) is 24.4 Å². The lowest BCUT2D eigenvalue weighted by atomic mass is 9.93. The second-order valence-corrected chi connectivity index (χ2v) is 9.01. The minimum atomic E-state index is -1.01. The van der Waals surface area contributed by atoms with Gasteiger partial charge in [0.2, 0.25) is 5.91 Å². The molecule has 0 spiro atoms. The summed E-state index contributed by atoms with van der Waals surface area (Å²) in [7, 11) is 0.